The Morgan fingerprint density at radius 1 is 1.16 bits per heavy atom. The second-order valence-corrected chi connectivity index (χ2v) is 12.4. The van der Waals surface area contributed by atoms with Gasteiger partial charge in [0.15, 0.2) is 5.13 Å². The molecule has 1 aromatic carbocycles. The number of aromatic nitrogens is 3. The second kappa shape index (κ2) is 10.1. The zero-order valence-corrected chi connectivity index (χ0v) is 22.9. The molecule has 5 rings (SSSR count). The Kier molecular flexibility index (Phi) is 6.97. The number of imidazole rings is 1. The number of carboxylic acids is 1. The third-order valence-electron chi connectivity index (χ3n) is 6.95. The minimum absolute atomic E-state index is 0.0728. The molecule has 38 heavy (non-hydrogen) atoms. The van der Waals surface area contributed by atoms with E-state index in [-0.39, 0.29) is 16.5 Å². The van der Waals surface area contributed by atoms with Crippen molar-refractivity contribution in [3.63, 3.8) is 0 Å². The van der Waals surface area contributed by atoms with Crippen LogP contribution in [0.4, 0.5) is 15.3 Å². The van der Waals surface area contributed by atoms with Gasteiger partial charge in [0.2, 0.25) is 10.0 Å². The quantitative estimate of drug-likeness (QED) is 0.349. The number of piperidine rings is 1. The van der Waals surface area contributed by atoms with Crippen molar-refractivity contribution in [2.75, 3.05) is 31.3 Å². The van der Waals surface area contributed by atoms with E-state index in [9.17, 15) is 22.7 Å². The number of carbonyl (C=O) groups is 1. The van der Waals surface area contributed by atoms with Gasteiger partial charge < -0.3 is 10.0 Å². The van der Waals surface area contributed by atoms with E-state index in [1.807, 2.05) is 41.6 Å². The Morgan fingerprint density at radius 3 is 2.45 bits per heavy atom. The van der Waals surface area contributed by atoms with E-state index in [4.69, 9.17) is 4.98 Å². The number of rotatable bonds is 7. The first-order valence-electron chi connectivity index (χ1n) is 12.3. The number of aromatic carboxylic acids is 1. The van der Waals surface area contributed by atoms with E-state index in [1.54, 1.807) is 0 Å². The van der Waals surface area contributed by atoms with Crippen molar-refractivity contribution in [3.8, 4) is 11.3 Å². The molecule has 9 nitrogen and oxygen atoms in total. The van der Waals surface area contributed by atoms with Gasteiger partial charge in [-0.1, -0.05) is 24.3 Å². The van der Waals surface area contributed by atoms with Crippen LogP contribution in [0.1, 0.15) is 46.6 Å². The van der Waals surface area contributed by atoms with Crippen molar-refractivity contribution < 1.29 is 22.7 Å². The molecule has 4 heterocycles. The molecule has 200 valence electrons. The zero-order chi connectivity index (χ0) is 27.2. The second-order valence-electron chi connectivity index (χ2n) is 9.41. The molecule has 0 bridgehead atoms. The number of hydrogen-bond acceptors (Lipinski definition) is 7. The first-order chi connectivity index (χ1) is 18.1. The van der Waals surface area contributed by atoms with Crippen molar-refractivity contribution in [2.45, 2.75) is 32.1 Å². The highest BCUT2D eigenvalue weighted by Crippen LogP contribution is 2.38. The van der Waals surface area contributed by atoms with E-state index in [0.29, 0.717) is 30.2 Å². The van der Waals surface area contributed by atoms with Crippen molar-refractivity contribution in [2.24, 2.45) is 0 Å². The predicted octanol–water partition coefficient (Wildman–Crippen LogP) is 4.76. The summed E-state index contributed by atoms with van der Waals surface area (Å²) in [5, 5.41) is 10.3. The number of halogens is 1. The van der Waals surface area contributed by atoms with E-state index in [2.05, 4.69) is 4.98 Å². The molecule has 1 fully saturated rings. The fraction of sp³-hybridized carbons (Fsp3) is 0.346. The van der Waals surface area contributed by atoms with Gasteiger partial charge in [0.1, 0.15) is 22.2 Å². The maximum absolute atomic E-state index is 13.5. The Labute approximate surface area is 224 Å². The molecule has 0 atom stereocenters. The number of anilines is 2. The summed E-state index contributed by atoms with van der Waals surface area (Å²) in [5.74, 6) is -0.506. The van der Waals surface area contributed by atoms with Gasteiger partial charge >= 0.3 is 5.97 Å². The summed E-state index contributed by atoms with van der Waals surface area (Å²) in [4.78, 5) is 23.4. The number of nitrogens with zero attached hydrogens (tertiary/aromatic N) is 5. The highest BCUT2D eigenvalue weighted by molar-refractivity contribution is 7.88. The zero-order valence-electron chi connectivity index (χ0n) is 21.3. The molecule has 4 aromatic rings. The monoisotopic (exact) mass is 557 g/mol. The number of carboxylic acid groups (broad SMARTS) is 1. The normalized spacial score (nSPS) is 15.3. The molecule has 1 aliphatic heterocycles. The van der Waals surface area contributed by atoms with Crippen LogP contribution in [0.25, 0.3) is 16.9 Å². The molecular weight excluding hydrogens is 529 g/mol. The minimum atomic E-state index is -3.20. The first-order valence-corrected chi connectivity index (χ1v) is 14.9. The highest BCUT2D eigenvalue weighted by atomic mass is 32.2. The van der Waals surface area contributed by atoms with Gasteiger partial charge in [-0.15, -0.1) is 0 Å². The van der Waals surface area contributed by atoms with E-state index < -0.39 is 21.8 Å². The summed E-state index contributed by atoms with van der Waals surface area (Å²) in [7, 11) is -1.37. The molecule has 0 unspecified atom stereocenters. The molecule has 1 aliphatic rings. The topological polar surface area (TPSA) is 108 Å². The van der Waals surface area contributed by atoms with Gasteiger partial charge in [0.05, 0.1) is 17.6 Å². The van der Waals surface area contributed by atoms with Crippen LogP contribution >= 0.6 is 11.3 Å². The van der Waals surface area contributed by atoms with E-state index in [1.165, 1.54) is 34.8 Å². The molecule has 12 heteroatoms. The van der Waals surface area contributed by atoms with Gasteiger partial charge in [0, 0.05) is 31.9 Å². The van der Waals surface area contributed by atoms with Crippen LogP contribution in [0, 0.1) is 5.82 Å². The van der Waals surface area contributed by atoms with Crippen LogP contribution < -0.4 is 4.90 Å². The predicted molar refractivity (Wildman–Crippen MR) is 145 cm³/mol. The number of thiazole rings is 1. The van der Waals surface area contributed by atoms with Crippen LogP contribution in [0.3, 0.4) is 0 Å². The average Bonchev–Trinajstić information content (AvgIpc) is 3.50. The number of fused-ring (bicyclic) bond motifs is 1. The number of sulfonamides is 1. The first kappa shape index (κ1) is 26.3. The lowest BCUT2D eigenvalue weighted by Crippen LogP contribution is -2.37. The van der Waals surface area contributed by atoms with Crippen LogP contribution in [-0.2, 0) is 16.4 Å². The molecular formula is C26H28FN5O4S2. The van der Waals surface area contributed by atoms with Crippen molar-refractivity contribution in [3.05, 3.63) is 64.5 Å². The number of pyridine rings is 1. The Balaban J connectivity index is 1.53. The maximum atomic E-state index is 13.5. The maximum Gasteiger partial charge on any atom is 0.348 e. The van der Waals surface area contributed by atoms with Crippen LogP contribution in [0.5, 0.6) is 0 Å². The van der Waals surface area contributed by atoms with Gasteiger partial charge in [-0.3, -0.25) is 4.40 Å². The number of benzene rings is 1. The molecule has 0 amide bonds. The van der Waals surface area contributed by atoms with Crippen molar-refractivity contribution in [1.29, 1.82) is 0 Å². The number of hydrogen-bond donors (Lipinski definition) is 1. The fourth-order valence-electron chi connectivity index (χ4n) is 4.94. The van der Waals surface area contributed by atoms with Crippen LogP contribution in [-0.4, -0.2) is 64.6 Å². The fourth-order valence-corrected chi connectivity index (χ4v) is 6.71. The van der Waals surface area contributed by atoms with Crippen LogP contribution in [0.2, 0.25) is 0 Å². The smallest absolute Gasteiger partial charge is 0.348 e. The van der Waals surface area contributed by atoms with Gasteiger partial charge in [-0.2, -0.15) is 0 Å². The molecule has 1 N–H and O–H groups in total. The third kappa shape index (κ3) is 4.91. The highest BCUT2D eigenvalue weighted by Gasteiger charge is 2.28. The summed E-state index contributed by atoms with van der Waals surface area (Å²) in [6.07, 6.45) is 5.41. The summed E-state index contributed by atoms with van der Waals surface area (Å²) >= 11 is 1.05. The molecule has 1 saturated heterocycles. The van der Waals surface area contributed by atoms with E-state index >= 15 is 0 Å². The van der Waals surface area contributed by atoms with Gasteiger partial charge in [-0.25, -0.2) is 31.9 Å². The van der Waals surface area contributed by atoms with Gasteiger partial charge in [-0.05, 0) is 61.1 Å². The SMILES string of the molecule is CCc1nc2ccc(C3CCN(S(C)(=O)=O)CC3)cn2c1N(C)c1nc(-c2ccc(F)cc2)c(C(=O)O)s1. The standard InChI is InChI=1S/C26H28FN5O4S2/c1-4-20-24(30(2)26-29-22(23(37-26)25(33)34)17-5-8-19(27)9-6-17)32-15-18(7-10-21(32)28-20)16-11-13-31(14-12-16)38(3,35)36/h5-10,15-16H,4,11-14H2,1-3H3,(H,33,34). The summed E-state index contributed by atoms with van der Waals surface area (Å²) in [5.41, 5.74) is 3.50. The summed E-state index contributed by atoms with van der Waals surface area (Å²) in [6, 6.07) is 9.62. The largest absolute Gasteiger partial charge is 0.477 e. The van der Waals surface area contributed by atoms with E-state index in [0.717, 1.165) is 46.9 Å². The summed E-state index contributed by atoms with van der Waals surface area (Å²) < 4.78 is 40.8. The molecule has 0 aliphatic carbocycles. The lowest BCUT2D eigenvalue weighted by Gasteiger charge is -2.30. The number of aryl methyl sites for hydroxylation is 1. The lowest BCUT2D eigenvalue weighted by atomic mass is 9.91. The molecule has 0 spiro atoms. The molecule has 0 radical (unpaired) electrons. The average molecular weight is 558 g/mol. The lowest BCUT2D eigenvalue weighted by molar-refractivity contribution is 0.0702. The summed E-state index contributed by atoms with van der Waals surface area (Å²) in [6.45, 7) is 2.98. The minimum Gasteiger partial charge on any atom is -0.477 e. The van der Waals surface area contributed by atoms with Gasteiger partial charge in [0.25, 0.3) is 0 Å². The Morgan fingerprint density at radius 2 is 1.84 bits per heavy atom. The molecule has 0 saturated carbocycles. The van der Waals surface area contributed by atoms with Crippen molar-refractivity contribution >= 4 is 43.9 Å². The Hall–Kier alpha value is -3.35. The third-order valence-corrected chi connectivity index (χ3v) is 9.37. The Bertz CT molecular complexity index is 1610. The van der Waals surface area contributed by atoms with Crippen LogP contribution in [0.15, 0.2) is 42.6 Å². The molecule has 3 aromatic heterocycles. The van der Waals surface area contributed by atoms with Crippen molar-refractivity contribution in [1.82, 2.24) is 18.7 Å².